The number of H-pyrrole nitrogens is 4. The molecule has 0 aliphatic rings. The summed E-state index contributed by atoms with van der Waals surface area (Å²) in [6, 6.07) is 10.7. The van der Waals surface area contributed by atoms with Crippen molar-refractivity contribution in [3.63, 3.8) is 0 Å². The van der Waals surface area contributed by atoms with E-state index < -0.39 is 244 Å². The largest absolute Gasteiger partial charge is 0.864 e. The van der Waals surface area contributed by atoms with Gasteiger partial charge < -0.3 is 111 Å². The monoisotopic (exact) mass is 2090 g/mol. The molecule has 8 rings (SSSR count). The van der Waals surface area contributed by atoms with E-state index in [9.17, 15) is 100 Å². The maximum atomic E-state index is 13.0. The van der Waals surface area contributed by atoms with E-state index in [0.717, 1.165) is 38.1 Å². The number of esters is 1. The van der Waals surface area contributed by atoms with Crippen LogP contribution < -0.4 is 5.11 Å². The number of nitrogens with zero attached hydrogens (tertiary/aromatic N) is 17. The summed E-state index contributed by atoms with van der Waals surface area (Å²) in [5.41, 5.74) is 5.38. The average molecular weight is 2090 g/mol. The summed E-state index contributed by atoms with van der Waals surface area (Å²) in [6.07, 6.45) is 6.78. The lowest BCUT2D eigenvalue weighted by Gasteiger charge is -2.23. The highest BCUT2D eigenvalue weighted by atomic mass is 32.2. The Balaban J connectivity index is 1.16. The quantitative estimate of drug-likeness (QED) is 0.00553. The van der Waals surface area contributed by atoms with Crippen molar-refractivity contribution < 1.29 is 109 Å². The number of carbonyl (C=O) groups is 1. The molecule has 8 aromatic rings. The minimum absolute atomic E-state index is 0.00262. The van der Waals surface area contributed by atoms with Crippen LogP contribution in [-0.4, -0.2) is 338 Å². The zero-order valence-electron chi connectivity index (χ0n) is 87.8. The third-order valence-corrected chi connectivity index (χ3v) is 24.9. The molecule has 15 atom stereocenters. The third kappa shape index (κ3) is 36.4. The van der Waals surface area contributed by atoms with Gasteiger partial charge in [-0.2, -0.15) is 8.42 Å². The molecule has 0 aliphatic carbocycles. The molecule has 0 saturated heterocycles. The van der Waals surface area contributed by atoms with Gasteiger partial charge in [0.25, 0.3) is 10.1 Å². The predicted octanol–water partition coefficient (Wildman–Crippen LogP) is 16.7. The molecule has 0 fully saturated rings. The fourth-order valence-corrected chi connectivity index (χ4v) is 16.5. The van der Waals surface area contributed by atoms with Crippen molar-refractivity contribution in [2.75, 3.05) is 32.0 Å². The molecule has 0 radical (unpaired) electrons. The lowest BCUT2D eigenvalue weighted by Crippen LogP contribution is -2.35. The van der Waals surface area contributed by atoms with E-state index in [-0.39, 0.29) is 93.9 Å². The van der Waals surface area contributed by atoms with Crippen LogP contribution in [0, 0.1) is 53.3 Å². The molecule has 812 valence electrons. The predicted molar refractivity (Wildman–Crippen MR) is 590 cm³/mol. The molecule has 21 N–H and O–H groups in total. The normalized spacial score (nSPS) is 17.6. The van der Waals surface area contributed by atoms with Gasteiger partial charge in [0.05, 0.1) is 18.8 Å². The Morgan fingerprint density at radius 2 is 0.597 bits per heavy atom. The van der Waals surface area contributed by atoms with Gasteiger partial charge >= 0.3 is 5.97 Å². The Labute approximate surface area is 866 Å². The maximum Gasteiger partial charge on any atom is 0.318 e. The highest BCUT2D eigenvalue weighted by Gasteiger charge is 2.36. The van der Waals surface area contributed by atoms with Gasteiger partial charge in [0, 0.05) is 94.1 Å². The molecule has 44 heteroatoms. The van der Waals surface area contributed by atoms with Crippen LogP contribution in [0.25, 0.3) is 43.6 Å². The van der Waals surface area contributed by atoms with Gasteiger partial charge in [-0.15, -0.1) is 0 Å². The van der Waals surface area contributed by atoms with Gasteiger partial charge in [-0.3, -0.25) is 24.3 Å². The average Bonchev–Trinajstić information content (AvgIpc) is 1.70. The zero-order chi connectivity index (χ0) is 110. The van der Waals surface area contributed by atoms with Crippen molar-refractivity contribution in [3.8, 4) is 0 Å². The molecule has 4 aromatic heterocycles. The smallest absolute Gasteiger partial charge is 0.318 e. The number of nitrogens with one attached hydrogen (secondary N) is 4. The Morgan fingerprint density at radius 1 is 0.322 bits per heavy atom. The van der Waals surface area contributed by atoms with Crippen LogP contribution in [-0.2, 0) is 45.3 Å². The SMILES string of the molecule is CC(C)C[C@@H](N=C(O)[C@H](C)N=C(O)CN=C(O)[C@@H](N=C[O-])C(C)C)C(O)=N[C@@H](C)C(O)=N[C@@H](C(O)=N[C@H](C(O)=N[C@@H](C(O)=N[C@@H](Cc1c[nH]c2ccccc12)C(O)=N[C@H](CC(C)C)C(O)=N[C@@H](Cc1c[nH]c2ccccc12)C(O)=N[C@H](CC(C)C)C(O)=N[C@@H](Cc1c[nH]c2ccccc12)C(O)=N[C@H](CC(C)C)C(O)=N[C@@H](Cc1c[nH]c2ccccc12)C(O)=NCCOC(=O)C(C)C(O)=NCCS(=O)(=O)O)C(C)C)C(C)C)C(C)C. The van der Waals surface area contributed by atoms with E-state index in [1.54, 1.807) is 80.2 Å². The highest BCUT2D eigenvalue weighted by Crippen LogP contribution is 2.30. The first-order valence-corrected chi connectivity index (χ1v) is 51.5. The minimum Gasteiger partial charge on any atom is -0.864 e. The lowest BCUT2D eigenvalue weighted by atomic mass is 10.0. The summed E-state index contributed by atoms with van der Waals surface area (Å²) >= 11 is 0. The van der Waals surface area contributed by atoms with Crippen LogP contribution in [0.3, 0.4) is 0 Å². The van der Waals surface area contributed by atoms with Gasteiger partial charge in [0.1, 0.15) is 104 Å². The Kier molecular flexibility index (Phi) is 45.4. The number of ether oxygens (including phenoxy) is 1. The second-order valence-electron chi connectivity index (χ2n) is 40.0. The summed E-state index contributed by atoms with van der Waals surface area (Å²) in [5.74, 6) is -16.8. The summed E-state index contributed by atoms with van der Waals surface area (Å²) < 4.78 is 36.8. The Hall–Kier alpha value is -14.6. The number of aromatic nitrogens is 4. The van der Waals surface area contributed by atoms with Gasteiger partial charge in [-0.1, -0.05) is 190 Å². The number of benzene rings is 4. The van der Waals surface area contributed by atoms with Crippen LogP contribution in [0.15, 0.2) is 207 Å². The maximum absolute atomic E-state index is 13.0. The molecule has 0 spiro atoms. The third-order valence-electron chi connectivity index (χ3n) is 24.2. The molecule has 0 bridgehead atoms. The second kappa shape index (κ2) is 56.5. The van der Waals surface area contributed by atoms with Crippen molar-refractivity contribution in [1.82, 2.24) is 19.9 Å². The van der Waals surface area contributed by atoms with Crippen molar-refractivity contribution in [1.29, 1.82) is 0 Å². The van der Waals surface area contributed by atoms with Crippen LogP contribution >= 0.6 is 0 Å². The molecule has 0 aliphatic heterocycles. The lowest BCUT2D eigenvalue weighted by molar-refractivity contribution is -0.201. The molecular formula is C105H148N21O22S-. The van der Waals surface area contributed by atoms with E-state index in [1.165, 1.54) is 20.8 Å². The molecule has 0 saturated carbocycles. The second-order valence-corrected chi connectivity index (χ2v) is 41.6. The van der Waals surface area contributed by atoms with Gasteiger partial charge in [-0.25, -0.2) is 69.9 Å². The molecule has 4 heterocycles. The number of aliphatic hydroxyl groups is 16. The van der Waals surface area contributed by atoms with Crippen molar-refractivity contribution in [2.45, 2.75) is 268 Å². The first kappa shape index (κ1) is 120. The molecule has 0 amide bonds. The zero-order valence-corrected chi connectivity index (χ0v) is 88.6. The first-order valence-electron chi connectivity index (χ1n) is 49.9. The summed E-state index contributed by atoms with van der Waals surface area (Å²) in [7, 11) is -4.41. The molecular weight excluding hydrogens is 1940 g/mol. The fraction of sp³-hybridized carbons (Fsp3) is 0.524. The standard InChI is InChI=1S/C105H149N21O22S/c1-54(2)40-77(116-91(130)63(18)114-85(128)52-112-101(140)86(58(9)10)113-53-127)94(133)115-64(19)92(131)124-88(60(13)14)103(142)126-89(61(15)16)104(143)125-87(59(11)12)102(141)123-84(47-68-51-111-76-35-27-23-31-72(68)76)100(139)119-80(43-57(7)8)97(136)122-83(46-67-50-110-75-34-26-22-30-71(67)75)99(138)118-79(42-56(5)6)96(135)121-82(45-66-49-109-74-33-25-21-29-70(66)74)98(137)117-78(41-55(3)4)95(134)120-81(44-65-48-108-73-32-24-20-28-69(65)73)93(132)106-36-38-148-105(144)62(17)90(129)107-37-39-149(145,146)147/h20-35,48-51,53-64,77-84,86-89,108-111H,36-47,52H2,1-19H3,(H,106,132)(H,107,129)(H,112,140)(H,113,127)(H,114,128)(H,115,133)(H,116,130)(H,117,137)(H,118,138)(H,119,139)(H,120,134)(H,121,135)(H,122,136)(H,123,141)(H,124,131)(H,125,143)(H,126,142)(H,145,146,147)/p-1/t62?,63-,64-,77+,78+,79+,80+,81-,82-,83-,84-,86-,87+,88+,89-/m0/s1. The molecule has 4 aromatic carbocycles. The fourth-order valence-electron chi connectivity index (χ4n) is 16.2. The number of fused-ring (bicyclic) bond motifs is 4. The van der Waals surface area contributed by atoms with Crippen molar-refractivity contribution in [3.05, 3.63) is 144 Å². The van der Waals surface area contributed by atoms with E-state index in [0.29, 0.717) is 27.8 Å². The topological polar surface area (TPSA) is 701 Å². The van der Waals surface area contributed by atoms with Crippen LogP contribution in [0.4, 0.5) is 0 Å². The van der Waals surface area contributed by atoms with E-state index in [2.05, 4.69) is 74.9 Å². The Morgan fingerprint density at radius 3 is 0.926 bits per heavy atom. The number of hydrogen-bond donors (Lipinski definition) is 21. The number of aliphatic imine (C=N–C) groups is 17. The van der Waals surface area contributed by atoms with Gasteiger partial charge in [-0.05, 0) is 140 Å². The van der Waals surface area contributed by atoms with Crippen molar-refractivity contribution >= 4 is 160 Å². The molecule has 1 unspecified atom stereocenters. The first-order chi connectivity index (χ1) is 70.3. The molecule has 149 heavy (non-hydrogen) atoms. The highest BCUT2D eigenvalue weighted by molar-refractivity contribution is 7.85. The minimum atomic E-state index is -4.41. The number of carbonyl (C=O) groups excluding carboxylic acids is 1. The molecule has 43 nitrogen and oxygen atoms in total. The van der Waals surface area contributed by atoms with Crippen LogP contribution in [0.5, 0.6) is 0 Å². The van der Waals surface area contributed by atoms with Gasteiger partial charge in [0.15, 0.2) is 5.90 Å². The van der Waals surface area contributed by atoms with Crippen LogP contribution in [0.2, 0.25) is 0 Å². The van der Waals surface area contributed by atoms with Crippen LogP contribution in [0.1, 0.15) is 179 Å². The van der Waals surface area contributed by atoms with E-state index in [4.69, 9.17) is 39.2 Å². The summed E-state index contributed by atoms with van der Waals surface area (Å²) in [4.78, 5) is 101. The van der Waals surface area contributed by atoms with Crippen molar-refractivity contribution in [2.24, 2.45) is 138 Å². The van der Waals surface area contributed by atoms with Gasteiger partial charge in [0.2, 0.25) is 88.5 Å². The Bertz CT molecular complexity index is 6440. The number of hydrogen-bond acceptors (Lipinski definition) is 22. The van der Waals surface area contributed by atoms with E-state index in [1.807, 2.05) is 152 Å². The summed E-state index contributed by atoms with van der Waals surface area (Å²) in [6.45, 7) is 30.5. The van der Waals surface area contributed by atoms with E-state index >= 15 is 0 Å². The number of aliphatic hydroxyl groups excluding tert-OH is 16. The number of rotatable bonds is 58. The number of para-hydroxylation sites is 4. The number of aromatic amines is 4. The summed E-state index contributed by atoms with van der Waals surface area (Å²) in [5, 5.41) is 204.